The maximum Gasteiger partial charge on any atom is 0.168 e. The fourth-order valence-electron chi connectivity index (χ4n) is 0.795. The van der Waals surface area contributed by atoms with E-state index in [2.05, 4.69) is 17.2 Å². The molecule has 0 bridgehead atoms. The Hall–Kier alpha value is 0.0600. The molecule has 0 fully saturated rings. The largest absolute Gasteiger partial charge is 0.808 e. The average Bonchev–Trinajstić information content (AvgIpc) is 2.23. The molecule has 0 saturated heterocycles. The van der Waals surface area contributed by atoms with Crippen molar-refractivity contribution >= 4 is 15.2 Å². The van der Waals surface area contributed by atoms with Crippen LogP contribution in [-0.2, 0) is 9.13 Å². The summed E-state index contributed by atoms with van der Waals surface area (Å²) in [4.78, 5) is 40.0. The van der Waals surface area contributed by atoms with Gasteiger partial charge in [-0.15, -0.1) is 0 Å². The summed E-state index contributed by atoms with van der Waals surface area (Å²) in [7, 11) is -11.5. The Labute approximate surface area is 115 Å². The van der Waals surface area contributed by atoms with Crippen LogP contribution in [0.4, 0.5) is 0 Å². The molecule has 14 heteroatoms. The highest BCUT2D eigenvalue weighted by atomic mass is 31.2. The van der Waals surface area contributed by atoms with Gasteiger partial charge in [0, 0.05) is 0 Å². The van der Waals surface area contributed by atoms with Gasteiger partial charge in [-0.1, -0.05) is 0 Å². The number of aliphatic hydroxyl groups is 1. The van der Waals surface area contributed by atoms with Crippen molar-refractivity contribution in [3.05, 3.63) is 0 Å². The molecule has 0 saturated carbocycles. The number of quaternary nitrogens is 3. The maximum atomic E-state index is 10.5. The van der Waals surface area contributed by atoms with E-state index in [1.165, 1.54) is 0 Å². The van der Waals surface area contributed by atoms with Gasteiger partial charge in [0.05, 0.1) is 6.54 Å². The summed E-state index contributed by atoms with van der Waals surface area (Å²) < 4.78 is 21.0. The molecular weight excluding hydrogens is 320 g/mol. The Morgan fingerprint density at radius 2 is 1.30 bits per heavy atom. The fourth-order valence-corrected chi connectivity index (χ4v) is 2.91. The second-order valence-electron chi connectivity index (χ2n) is 3.46. The molecule has 0 aliphatic heterocycles. The Bertz CT molecular complexity index is 293. The zero-order chi connectivity index (χ0) is 15.0. The molecule has 0 heterocycles. The number of hydrogen-bond donors (Lipinski definition) is 5. The molecule has 128 valence electrons. The first-order chi connectivity index (χ1) is 7.97. The molecule has 15 N–H and O–H groups in total. The van der Waals surface area contributed by atoms with Gasteiger partial charge in [-0.3, -0.25) is 0 Å². The third-order valence-corrected chi connectivity index (χ3v) is 5.63. The third kappa shape index (κ3) is 9.08. The Morgan fingerprint density at radius 1 is 0.950 bits per heavy atom. The number of rotatable bonds is 6. The zero-order valence-electron chi connectivity index (χ0n) is 11.0. The van der Waals surface area contributed by atoms with E-state index in [1.807, 2.05) is 0 Å². The Morgan fingerprint density at radius 3 is 1.45 bits per heavy atom. The van der Waals surface area contributed by atoms with Crippen molar-refractivity contribution in [2.75, 3.05) is 19.6 Å². The summed E-state index contributed by atoms with van der Waals surface area (Å²) in [6.07, 6.45) is -0.990. The second kappa shape index (κ2) is 11.7. The molecule has 0 radical (unpaired) electrons. The predicted molar refractivity (Wildman–Crippen MR) is 62.1 cm³/mol. The van der Waals surface area contributed by atoms with Crippen LogP contribution in [0, 0.1) is 0 Å². The molecule has 0 spiro atoms. The molecule has 20 heavy (non-hydrogen) atoms. The van der Waals surface area contributed by atoms with Gasteiger partial charge in [-0.2, -0.15) is 0 Å². The lowest BCUT2D eigenvalue weighted by Crippen LogP contribution is -2.64. The monoisotopic (exact) mass is 345 g/mol. The SMILES string of the molecule is O.O.[NH3+]CCC[C@](O)(P(=O)([O-])[O-])P(=O)([O-])O.[NH3+]CC[NH3+]. The summed E-state index contributed by atoms with van der Waals surface area (Å²) in [6, 6.07) is 0. The standard InChI is InChI=1S/C4H13NO7P2.C2H8N2.2H2O/c5-3-1-2-4(6,13(7,8)9)14(10,11)12;3-1-2-4;;/h6H,1-3,5H2,(H2,7,8,9)(H2,10,11,12);1-4H2;2*1H2. The minimum absolute atomic E-state index is 0. The van der Waals surface area contributed by atoms with E-state index in [0.717, 1.165) is 13.1 Å². The highest BCUT2D eigenvalue weighted by Crippen LogP contribution is 2.63. The maximum absolute atomic E-state index is 10.5. The van der Waals surface area contributed by atoms with Crippen LogP contribution in [0.15, 0.2) is 0 Å². The summed E-state index contributed by atoms with van der Waals surface area (Å²) in [5.41, 5.74) is 10.4. The molecule has 0 aliphatic carbocycles. The van der Waals surface area contributed by atoms with E-state index in [0.29, 0.717) is 0 Å². The van der Waals surface area contributed by atoms with E-state index < -0.39 is 26.7 Å². The first-order valence-electron chi connectivity index (χ1n) is 5.14. The van der Waals surface area contributed by atoms with E-state index in [9.17, 15) is 23.8 Å². The molecule has 0 amide bonds. The molecule has 0 aromatic rings. The van der Waals surface area contributed by atoms with Gasteiger partial charge in [0.15, 0.2) is 12.7 Å². The molecule has 0 aliphatic rings. The van der Waals surface area contributed by atoms with E-state index in [-0.39, 0.29) is 23.9 Å². The van der Waals surface area contributed by atoms with Crippen molar-refractivity contribution in [1.82, 2.24) is 0 Å². The Balaban J connectivity index is -0.000000188. The molecule has 0 aromatic heterocycles. The average molecular weight is 345 g/mol. The van der Waals surface area contributed by atoms with Crippen LogP contribution >= 0.6 is 15.2 Å². The first-order valence-corrected chi connectivity index (χ1v) is 8.26. The lowest BCUT2D eigenvalue weighted by atomic mass is 10.3. The summed E-state index contributed by atoms with van der Waals surface area (Å²) >= 11 is 0. The van der Waals surface area contributed by atoms with E-state index in [4.69, 9.17) is 10.00 Å². The minimum atomic E-state index is -5.84. The number of hydrogen-bond acceptors (Lipinski definition) is 6. The van der Waals surface area contributed by atoms with Crippen molar-refractivity contribution < 1.29 is 62.0 Å². The van der Waals surface area contributed by atoms with Crippen LogP contribution in [0.2, 0.25) is 0 Å². The summed E-state index contributed by atoms with van der Waals surface area (Å²) in [6.45, 7) is 2.04. The third-order valence-electron chi connectivity index (χ3n) is 1.90. The topological polar surface area (TPSA) is 290 Å². The normalized spacial score (nSPS) is 16.4. The van der Waals surface area contributed by atoms with Crippen molar-refractivity contribution in [2.24, 2.45) is 0 Å². The minimum Gasteiger partial charge on any atom is -0.808 e. The van der Waals surface area contributed by atoms with Crippen LogP contribution in [0.25, 0.3) is 0 Å². The summed E-state index contributed by atoms with van der Waals surface area (Å²) in [5.74, 6) is 0. The molecule has 2 atom stereocenters. The predicted octanol–water partition coefficient (Wildman–Crippen LogP) is -8.07. The van der Waals surface area contributed by atoms with Crippen LogP contribution in [0.3, 0.4) is 0 Å². The van der Waals surface area contributed by atoms with Crippen molar-refractivity contribution in [1.29, 1.82) is 0 Å². The van der Waals surface area contributed by atoms with Gasteiger partial charge in [0.1, 0.15) is 13.1 Å². The lowest BCUT2D eigenvalue weighted by molar-refractivity contribution is -0.453. The molecule has 0 aromatic carbocycles. The van der Waals surface area contributed by atoms with Gasteiger partial charge < -0.3 is 62.0 Å². The van der Waals surface area contributed by atoms with Crippen molar-refractivity contribution in [3.8, 4) is 0 Å². The zero-order valence-corrected chi connectivity index (χ0v) is 12.8. The molecule has 1 unspecified atom stereocenters. The highest BCUT2D eigenvalue weighted by molar-refractivity contribution is 7.70. The molecular formula is C6H25N3O9P2. The van der Waals surface area contributed by atoms with Crippen molar-refractivity contribution in [3.63, 3.8) is 0 Å². The van der Waals surface area contributed by atoms with Crippen LogP contribution < -0.4 is 31.9 Å². The van der Waals surface area contributed by atoms with Crippen LogP contribution in [0.1, 0.15) is 12.8 Å². The van der Waals surface area contributed by atoms with E-state index in [1.54, 1.807) is 0 Å². The summed E-state index contributed by atoms with van der Waals surface area (Å²) in [5, 5.41) is 5.46. The van der Waals surface area contributed by atoms with Crippen LogP contribution in [-0.4, -0.2) is 45.7 Å². The fraction of sp³-hybridized carbons (Fsp3) is 1.00. The van der Waals surface area contributed by atoms with Gasteiger partial charge in [0.2, 0.25) is 0 Å². The highest BCUT2D eigenvalue weighted by Gasteiger charge is 2.40. The quantitative estimate of drug-likeness (QED) is 0.289. The Kier molecular flexibility index (Phi) is 16.5. The molecule has 0 rings (SSSR count). The first kappa shape index (κ1) is 28.3. The van der Waals surface area contributed by atoms with Crippen LogP contribution in [0.5, 0.6) is 0 Å². The molecule has 12 nitrogen and oxygen atoms in total. The lowest BCUT2D eigenvalue weighted by Gasteiger charge is -2.49. The van der Waals surface area contributed by atoms with Gasteiger partial charge in [0.25, 0.3) is 0 Å². The smallest absolute Gasteiger partial charge is 0.168 e. The second-order valence-corrected chi connectivity index (χ2v) is 7.32. The van der Waals surface area contributed by atoms with Gasteiger partial charge >= 0.3 is 0 Å². The van der Waals surface area contributed by atoms with Gasteiger partial charge in [-0.25, -0.2) is 0 Å². The van der Waals surface area contributed by atoms with Crippen molar-refractivity contribution in [2.45, 2.75) is 17.9 Å². The van der Waals surface area contributed by atoms with E-state index >= 15 is 0 Å². The van der Waals surface area contributed by atoms with Gasteiger partial charge in [-0.05, 0) is 20.4 Å².